The van der Waals surface area contributed by atoms with Crippen molar-refractivity contribution < 1.29 is 0 Å². The zero-order valence-electron chi connectivity index (χ0n) is 11.6. The average molecular weight is 276 g/mol. The van der Waals surface area contributed by atoms with Crippen LogP contribution >= 0.6 is 11.6 Å². The second kappa shape index (κ2) is 5.58. The second-order valence-corrected chi connectivity index (χ2v) is 6.23. The van der Waals surface area contributed by atoms with Crippen LogP contribution in [0.5, 0.6) is 0 Å². The number of rotatable bonds is 4. The molecule has 0 saturated carbocycles. The zero-order valence-corrected chi connectivity index (χ0v) is 12.4. The summed E-state index contributed by atoms with van der Waals surface area (Å²) in [4.78, 5) is 3.66. The van der Waals surface area contributed by atoms with Gasteiger partial charge in [0.25, 0.3) is 0 Å². The van der Waals surface area contributed by atoms with Crippen molar-refractivity contribution in [1.82, 2.24) is 4.98 Å². The Kier molecular flexibility index (Phi) is 3.83. The molecule has 1 aromatic carbocycles. The van der Waals surface area contributed by atoms with Gasteiger partial charge in [-0.05, 0) is 55.4 Å². The van der Waals surface area contributed by atoms with E-state index in [0.717, 1.165) is 10.9 Å². The minimum atomic E-state index is 0.737. The van der Waals surface area contributed by atoms with E-state index in [1.807, 2.05) is 6.07 Å². The van der Waals surface area contributed by atoms with Crippen LogP contribution in [0.1, 0.15) is 62.6 Å². The van der Waals surface area contributed by atoms with E-state index >= 15 is 0 Å². The largest absolute Gasteiger partial charge is 0.358 e. The quantitative estimate of drug-likeness (QED) is 0.677. The van der Waals surface area contributed by atoms with Crippen LogP contribution in [0.3, 0.4) is 0 Å². The van der Waals surface area contributed by atoms with Gasteiger partial charge >= 0.3 is 0 Å². The fraction of sp³-hybridized carbons (Fsp3) is 0.529. The van der Waals surface area contributed by atoms with Crippen molar-refractivity contribution in [3.05, 3.63) is 34.5 Å². The van der Waals surface area contributed by atoms with Crippen LogP contribution in [0.4, 0.5) is 0 Å². The van der Waals surface area contributed by atoms with E-state index in [1.165, 1.54) is 67.1 Å². The van der Waals surface area contributed by atoms with Crippen molar-refractivity contribution in [1.29, 1.82) is 0 Å². The highest BCUT2D eigenvalue weighted by atomic mass is 35.5. The number of halogens is 1. The van der Waals surface area contributed by atoms with Gasteiger partial charge in [0.05, 0.1) is 0 Å². The normalized spacial score (nSPS) is 18.7. The summed E-state index contributed by atoms with van der Waals surface area (Å²) in [7, 11) is 0. The Morgan fingerprint density at radius 2 is 2.21 bits per heavy atom. The maximum Gasteiger partial charge on any atom is 0.0460 e. The minimum Gasteiger partial charge on any atom is -0.358 e. The molecular formula is C17H22ClN. The SMILES string of the molecule is CCCCCC1CCCc2c1[nH]c1ccc(Cl)cc21. The summed E-state index contributed by atoms with van der Waals surface area (Å²) in [5.41, 5.74) is 4.29. The van der Waals surface area contributed by atoms with Crippen molar-refractivity contribution in [2.75, 3.05) is 0 Å². The smallest absolute Gasteiger partial charge is 0.0460 e. The zero-order chi connectivity index (χ0) is 13.2. The lowest BCUT2D eigenvalue weighted by atomic mass is 9.84. The first-order valence-corrected chi connectivity index (χ1v) is 7.97. The van der Waals surface area contributed by atoms with E-state index in [0.29, 0.717) is 0 Å². The molecule has 19 heavy (non-hydrogen) atoms. The first-order valence-electron chi connectivity index (χ1n) is 7.59. The molecule has 2 heteroatoms. The van der Waals surface area contributed by atoms with Gasteiger partial charge in [0.15, 0.2) is 0 Å². The van der Waals surface area contributed by atoms with Gasteiger partial charge < -0.3 is 4.98 Å². The molecule has 1 atom stereocenters. The van der Waals surface area contributed by atoms with Crippen molar-refractivity contribution >= 4 is 22.5 Å². The maximum absolute atomic E-state index is 6.14. The predicted molar refractivity (Wildman–Crippen MR) is 83.1 cm³/mol. The number of nitrogens with one attached hydrogen (secondary N) is 1. The molecule has 1 unspecified atom stereocenters. The Bertz CT molecular complexity index is 570. The summed E-state index contributed by atoms with van der Waals surface area (Å²) in [6.07, 6.45) is 9.23. The number of hydrogen-bond donors (Lipinski definition) is 1. The summed E-state index contributed by atoms with van der Waals surface area (Å²) in [6, 6.07) is 6.23. The van der Waals surface area contributed by atoms with Crippen LogP contribution in [0, 0.1) is 0 Å². The number of hydrogen-bond acceptors (Lipinski definition) is 0. The molecule has 1 heterocycles. The van der Waals surface area contributed by atoms with Gasteiger partial charge in [-0.25, -0.2) is 0 Å². The number of H-pyrrole nitrogens is 1. The van der Waals surface area contributed by atoms with Crippen LogP contribution < -0.4 is 0 Å². The van der Waals surface area contributed by atoms with Gasteiger partial charge in [-0.3, -0.25) is 0 Å². The molecular weight excluding hydrogens is 254 g/mol. The molecule has 0 fully saturated rings. The first-order chi connectivity index (χ1) is 9.29. The van der Waals surface area contributed by atoms with E-state index in [4.69, 9.17) is 11.6 Å². The molecule has 0 bridgehead atoms. The summed E-state index contributed by atoms with van der Waals surface area (Å²) in [5.74, 6) is 0.737. The lowest BCUT2D eigenvalue weighted by Crippen LogP contribution is -2.09. The van der Waals surface area contributed by atoms with E-state index in [2.05, 4.69) is 24.0 Å². The van der Waals surface area contributed by atoms with Crippen LogP contribution in [0.15, 0.2) is 18.2 Å². The molecule has 1 aliphatic rings. The van der Waals surface area contributed by atoms with Crippen molar-refractivity contribution in [2.24, 2.45) is 0 Å². The highest BCUT2D eigenvalue weighted by Gasteiger charge is 2.23. The van der Waals surface area contributed by atoms with E-state index in [-0.39, 0.29) is 0 Å². The monoisotopic (exact) mass is 275 g/mol. The Hall–Kier alpha value is -0.950. The lowest BCUT2D eigenvalue weighted by Gasteiger charge is -2.22. The topological polar surface area (TPSA) is 15.8 Å². The number of aryl methyl sites for hydroxylation is 1. The first kappa shape index (κ1) is 13.1. The Labute approximate surface area is 120 Å². The lowest BCUT2D eigenvalue weighted by molar-refractivity contribution is 0.487. The summed E-state index contributed by atoms with van der Waals surface area (Å²) < 4.78 is 0. The fourth-order valence-corrected chi connectivity index (χ4v) is 3.63. The van der Waals surface area contributed by atoms with Crippen LogP contribution in [-0.2, 0) is 6.42 Å². The molecule has 1 N–H and O–H groups in total. The molecule has 0 spiro atoms. The molecule has 102 valence electrons. The summed E-state index contributed by atoms with van der Waals surface area (Å²) in [5, 5.41) is 2.20. The van der Waals surface area contributed by atoms with E-state index < -0.39 is 0 Å². The van der Waals surface area contributed by atoms with Crippen LogP contribution in [0.25, 0.3) is 10.9 Å². The minimum absolute atomic E-state index is 0.737. The van der Waals surface area contributed by atoms with Crippen molar-refractivity contribution in [3.8, 4) is 0 Å². The van der Waals surface area contributed by atoms with Gasteiger partial charge in [0.2, 0.25) is 0 Å². The maximum atomic E-state index is 6.14. The predicted octanol–water partition coefficient (Wildman–Crippen LogP) is 5.82. The van der Waals surface area contributed by atoms with Gasteiger partial charge in [0, 0.05) is 21.6 Å². The molecule has 0 amide bonds. The molecule has 0 radical (unpaired) electrons. The number of unbranched alkanes of at least 4 members (excludes halogenated alkanes) is 2. The van der Waals surface area contributed by atoms with Crippen molar-refractivity contribution in [2.45, 2.75) is 57.8 Å². The molecule has 1 aliphatic carbocycles. The summed E-state index contributed by atoms with van der Waals surface area (Å²) >= 11 is 6.14. The highest BCUT2D eigenvalue weighted by Crippen LogP contribution is 2.39. The molecule has 2 aromatic rings. The van der Waals surface area contributed by atoms with Gasteiger partial charge in [0.1, 0.15) is 0 Å². The van der Waals surface area contributed by atoms with E-state index in [9.17, 15) is 0 Å². The number of aromatic nitrogens is 1. The van der Waals surface area contributed by atoms with Crippen LogP contribution in [-0.4, -0.2) is 4.98 Å². The molecule has 3 rings (SSSR count). The number of benzene rings is 1. The average Bonchev–Trinajstić information content (AvgIpc) is 2.78. The Morgan fingerprint density at radius 3 is 3.05 bits per heavy atom. The Balaban J connectivity index is 1.93. The summed E-state index contributed by atoms with van der Waals surface area (Å²) in [6.45, 7) is 2.28. The third kappa shape index (κ3) is 2.53. The van der Waals surface area contributed by atoms with Crippen molar-refractivity contribution in [3.63, 3.8) is 0 Å². The van der Waals surface area contributed by atoms with E-state index in [1.54, 1.807) is 0 Å². The van der Waals surface area contributed by atoms with Gasteiger partial charge in [-0.15, -0.1) is 0 Å². The third-order valence-electron chi connectivity index (χ3n) is 4.44. The number of fused-ring (bicyclic) bond motifs is 3. The molecule has 1 nitrogen and oxygen atoms in total. The van der Waals surface area contributed by atoms with Crippen LogP contribution in [0.2, 0.25) is 5.02 Å². The second-order valence-electron chi connectivity index (χ2n) is 5.79. The third-order valence-corrected chi connectivity index (χ3v) is 4.68. The fourth-order valence-electron chi connectivity index (χ4n) is 3.46. The van der Waals surface area contributed by atoms with Gasteiger partial charge in [-0.2, -0.15) is 0 Å². The highest BCUT2D eigenvalue weighted by molar-refractivity contribution is 6.31. The molecule has 0 saturated heterocycles. The standard InChI is InChI=1S/C17H22ClN/c1-2-3-4-6-12-7-5-8-14-15-11-13(18)9-10-16(15)19-17(12)14/h9-12,19H,2-8H2,1H3. The molecule has 0 aliphatic heterocycles. The Morgan fingerprint density at radius 1 is 1.32 bits per heavy atom. The molecule has 1 aromatic heterocycles. The number of aromatic amines is 1. The van der Waals surface area contributed by atoms with Gasteiger partial charge in [-0.1, -0.05) is 37.8 Å².